The lowest BCUT2D eigenvalue weighted by Crippen LogP contribution is -2.20. The number of imidazole rings is 1. The van der Waals surface area contributed by atoms with E-state index < -0.39 is 0 Å². The van der Waals surface area contributed by atoms with Gasteiger partial charge in [0, 0.05) is 19.3 Å². The van der Waals surface area contributed by atoms with E-state index in [-0.39, 0.29) is 0 Å². The van der Waals surface area contributed by atoms with Crippen molar-refractivity contribution in [2.75, 3.05) is 6.54 Å². The van der Waals surface area contributed by atoms with E-state index in [9.17, 15) is 0 Å². The monoisotopic (exact) mass is 235 g/mol. The fourth-order valence-electron chi connectivity index (χ4n) is 2.70. The molecule has 1 aromatic heterocycles. The van der Waals surface area contributed by atoms with Crippen LogP contribution in [0.2, 0.25) is 0 Å². The number of hydrogen-bond donors (Lipinski definition) is 1. The second-order valence-corrected chi connectivity index (χ2v) is 5.44. The Morgan fingerprint density at radius 3 is 2.82 bits per heavy atom. The third-order valence-electron chi connectivity index (χ3n) is 3.94. The van der Waals surface area contributed by atoms with Crippen LogP contribution < -0.4 is 5.32 Å². The maximum atomic E-state index is 4.28. The SMILES string of the molecule is CCNCc1cncn1CC1CCC(C)CC1. The van der Waals surface area contributed by atoms with Crippen LogP contribution in [-0.2, 0) is 13.1 Å². The minimum absolute atomic E-state index is 0.862. The Balaban J connectivity index is 1.87. The van der Waals surface area contributed by atoms with E-state index in [4.69, 9.17) is 0 Å². The van der Waals surface area contributed by atoms with Crippen molar-refractivity contribution in [2.45, 2.75) is 52.6 Å². The molecule has 0 bridgehead atoms. The van der Waals surface area contributed by atoms with Gasteiger partial charge in [-0.25, -0.2) is 4.98 Å². The number of hydrogen-bond acceptors (Lipinski definition) is 2. The van der Waals surface area contributed by atoms with E-state index in [1.165, 1.54) is 31.4 Å². The molecule has 2 rings (SSSR count). The van der Waals surface area contributed by atoms with Crippen molar-refractivity contribution < 1.29 is 0 Å². The van der Waals surface area contributed by atoms with Gasteiger partial charge in [-0.05, 0) is 31.2 Å². The molecule has 0 aromatic carbocycles. The van der Waals surface area contributed by atoms with E-state index >= 15 is 0 Å². The maximum Gasteiger partial charge on any atom is 0.0948 e. The van der Waals surface area contributed by atoms with E-state index in [1.54, 1.807) is 0 Å². The Morgan fingerprint density at radius 2 is 2.12 bits per heavy atom. The first-order valence-corrected chi connectivity index (χ1v) is 6.99. The lowest BCUT2D eigenvalue weighted by atomic mass is 9.83. The Morgan fingerprint density at radius 1 is 1.35 bits per heavy atom. The molecule has 0 unspecified atom stereocenters. The van der Waals surface area contributed by atoms with Crippen molar-refractivity contribution in [1.29, 1.82) is 0 Å². The molecular weight excluding hydrogens is 210 g/mol. The van der Waals surface area contributed by atoms with Gasteiger partial charge in [-0.3, -0.25) is 0 Å². The molecule has 3 nitrogen and oxygen atoms in total. The Labute approximate surface area is 105 Å². The first-order chi connectivity index (χ1) is 8.29. The van der Waals surface area contributed by atoms with Crippen LogP contribution in [-0.4, -0.2) is 16.1 Å². The van der Waals surface area contributed by atoms with Crippen molar-refractivity contribution in [3.8, 4) is 0 Å². The van der Waals surface area contributed by atoms with Gasteiger partial charge in [-0.1, -0.05) is 26.7 Å². The van der Waals surface area contributed by atoms with E-state index in [2.05, 4.69) is 28.7 Å². The highest BCUT2D eigenvalue weighted by atomic mass is 15.1. The van der Waals surface area contributed by atoms with E-state index in [1.807, 2.05) is 12.5 Å². The first kappa shape index (κ1) is 12.6. The molecule has 1 aliphatic rings. The summed E-state index contributed by atoms with van der Waals surface area (Å²) in [7, 11) is 0. The topological polar surface area (TPSA) is 29.9 Å². The molecule has 0 amide bonds. The second-order valence-electron chi connectivity index (χ2n) is 5.44. The molecule has 1 aliphatic carbocycles. The summed E-state index contributed by atoms with van der Waals surface area (Å²) in [6.07, 6.45) is 9.57. The summed E-state index contributed by atoms with van der Waals surface area (Å²) in [5, 5.41) is 3.37. The average molecular weight is 235 g/mol. The van der Waals surface area contributed by atoms with Crippen LogP contribution in [0.5, 0.6) is 0 Å². The minimum atomic E-state index is 0.862. The van der Waals surface area contributed by atoms with Gasteiger partial charge in [-0.2, -0.15) is 0 Å². The van der Waals surface area contributed by atoms with Crippen LogP contribution in [0.1, 0.15) is 45.2 Å². The summed E-state index contributed by atoms with van der Waals surface area (Å²) in [6.45, 7) is 7.65. The summed E-state index contributed by atoms with van der Waals surface area (Å²) in [6, 6.07) is 0. The van der Waals surface area contributed by atoms with Gasteiger partial charge in [0.25, 0.3) is 0 Å². The molecule has 0 spiro atoms. The van der Waals surface area contributed by atoms with Crippen LogP contribution in [0.3, 0.4) is 0 Å². The quantitative estimate of drug-likeness (QED) is 0.850. The molecule has 0 atom stereocenters. The molecule has 17 heavy (non-hydrogen) atoms. The highest BCUT2D eigenvalue weighted by Crippen LogP contribution is 2.29. The molecule has 1 aromatic rings. The summed E-state index contributed by atoms with van der Waals surface area (Å²) in [4.78, 5) is 4.28. The zero-order chi connectivity index (χ0) is 12.1. The van der Waals surface area contributed by atoms with E-state index in [0.29, 0.717) is 0 Å². The van der Waals surface area contributed by atoms with Crippen LogP contribution in [0.4, 0.5) is 0 Å². The number of rotatable bonds is 5. The summed E-state index contributed by atoms with van der Waals surface area (Å²) >= 11 is 0. The normalized spacial score (nSPS) is 25.1. The zero-order valence-electron chi connectivity index (χ0n) is 11.2. The predicted octanol–water partition coefficient (Wildman–Crippen LogP) is 2.82. The second kappa shape index (κ2) is 6.20. The van der Waals surface area contributed by atoms with Crippen LogP contribution in [0.15, 0.2) is 12.5 Å². The van der Waals surface area contributed by atoms with Gasteiger partial charge in [-0.15, -0.1) is 0 Å². The molecule has 1 N–H and O–H groups in total. The number of nitrogens with one attached hydrogen (secondary N) is 1. The molecule has 3 heteroatoms. The Bertz CT molecular complexity index is 324. The molecule has 0 aliphatic heterocycles. The van der Waals surface area contributed by atoms with Gasteiger partial charge >= 0.3 is 0 Å². The van der Waals surface area contributed by atoms with E-state index in [0.717, 1.165) is 31.5 Å². The molecule has 0 saturated heterocycles. The molecular formula is C14H25N3. The standard InChI is InChI=1S/C14H25N3/c1-3-15-8-14-9-16-11-17(14)10-13-6-4-12(2)5-7-13/h9,11-13,15H,3-8,10H2,1-2H3. The van der Waals surface area contributed by atoms with Crippen molar-refractivity contribution in [3.05, 3.63) is 18.2 Å². The smallest absolute Gasteiger partial charge is 0.0948 e. The minimum Gasteiger partial charge on any atom is -0.333 e. The summed E-state index contributed by atoms with van der Waals surface area (Å²) < 4.78 is 2.34. The molecule has 0 radical (unpaired) electrons. The summed E-state index contributed by atoms with van der Waals surface area (Å²) in [5.74, 6) is 1.80. The fraction of sp³-hybridized carbons (Fsp3) is 0.786. The Kier molecular flexibility index (Phi) is 4.60. The number of nitrogens with zero attached hydrogens (tertiary/aromatic N) is 2. The van der Waals surface area contributed by atoms with Gasteiger partial charge in [0.15, 0.2) is 0 Å². The van der Waals surface area contributed by atoms with Crippen LogP contribution in [0.25, 0.3) is 0 Å². The zero-order valence-corrected chi connectivity index (χ0v) is 11.2. The van der Waals surface area contributed by atoms with Gasteiger partial charge in [0.2, 0.25) is 0 Å². The molecule has 1 fully saturated rings. The molecule has 96 valence electrons. The number of aromatic nitrogens is 2. The lowest BCUT2D eigenvalue weighted by Gasteiger charge is -2.26. The van der Waals surface area contributed by atoms with Crippen molar-refractivity contribution >= 4 is 0 Å². The first-order valence-electron chi connectivity index (χ1n) is 6.99. The van der Waals surface area contributed by atoms with Gasteiger partial charge in [0.1, 0.15) is 0 Å². The highest BCUT2D eigenvalue weighted by Gasteiger charge is 2.19. The van der Waals surface area contributed by atoms with Crippen LogP contribution >= 0.6 is 0 Å². The average Bonchev–Trinajstić information content (AvgIpc) is 2.77. The van der Waals surface area contributed by atoms with Crippen molar-refractivity contribution in [1.82, 2.24) is 14.9 Å². The predicted molar refractivity (Wildman–Crippen MR) is 70.7 cm³/mol. The van der Waals surface area contributed by atoms with Gasteiger partial charge < -0.3 is 9.88 Å². The largest absolute Gasteiger partial charge is 0.333 e. The molecule has 1 heterocycles. The van der Waals surface area contributed by atoms with Crippen molar-refractivity contribution in [3.63, 3.8) is 0 Å². The third kappa shape index (κ3) is 3.56. The summed E-state index contributed by atoms with van der Waals surface area (Å²) in [5.41, 5.74) is 1.32. The highest BCUT2D eigenvalue weighted by molar-refractivity contribution is 4.98. The van der Waals surface area contributed by atoms with Crippen molar-refractivity contribution in [2.24, 2.45) is 11.8 Å². The maximum absolute atomic E-state index is 4.28. The Hall–Kier alpha value is -0.830. The lowest BCUT2D eigenvalue weighted by molar-refractivity contribution is 0.262. The van der Waals surface area contributed by atoms with Crippen LogP contribution in [0, 0.1) is 11.8 Å². The van der Waals surface area contributed by atoms with Gasteiger partial charge in [0.05, 0.1) is 12.0 Å². The third-order valence-corrected chi connectivity index (χ3v) is 3.94. The molecule has 1 saturated carbocycles. The fourth-order valence-corrected chi connectivity index (χ4v) is 2.70.